The number of anilines is 1. The van der Waals surface area contributed by atoms with Gasteiger partial charge in [-0.1, -0.05) is 18.2 Å². The van der Waals surface area contributed by atoms with E-state index < -0.39 is 0 Å². The van der Waals surface area contributed by atoms with Crippen LogP contribution in [0.4, 0.5) is 5.69 Å². The molecule has 33 heavy (non-hydrogen) atoms. The predicted octanol–water partition coefficient (Wildman–Crippen LogP) is 2.75. The first-order valence-electron chi connectivity index (χ1n) is 11.6. The number of amides is 2. The Morgan fingerprint density at radius 1 is 0.909 bits per heavy atom. The van der Waals surface area contributed by atoms with Gasteiger partial charge >= 0.3 is 5.97 Å². The van der Waals surface area contributed by atoms with Crippen molar-refractivity contribution in [2.45, 2.75) is 45.8 Å². The zero-order chi connectivity index (χ0) is 23.2. The molecular weight excluding hydrogens is 422 g/mol. The van der Waals surface area contributed by atoms with E-state index in [0.717, 1.165) is 37.4 Å². The minimum absolute atomic E-state index is 0.0205. The van der Waals surface area contributed by atoms with Gasteiger partial charge in [-0.05, 0) is 36.6 Å². The van der Waals surface area contributed by atoms with Gasteiger partial charge in [0.2, 0.25) is 11.8 Å². The summed E-state index contributed by atoms with van der Waals surface area (Å²) < 4.78 is 10.7. The van der Waals surface area contributed by atoms with Crippen molar-refractivity contribution in [3.63, 3.8) is 0 Å². The summed E-state index contributed by atoms with van der Waals surface area (Å²) in [5.74, 6) is 1.16. The fraction of sp³-hybridized carbons (Fsp3) is 0.480. The Kier molecular flexibility index (Phi) is 7.44. The number of hydrogen-bond acceptors (Lipinski definition) is 6. The predicted molar refractivity (Wildman–Crippen MR) is 122 cm³/mol. The van der Waals surface area contributed by atoms with Crippen LogP contribution in [-0.4, -0.2) is 60.3 Å². The van der Waals surface area contributed by atoms with E-state index in [9.17, 15) is 14.4 Å². The lowest BCUT2D eigenvalue weighted by molar-refractivity contribution is -0.142. The summed E-state index contributed by atoms with van der Waals surface area (Å²) in [4.78, 5) is 42.4. The summed E-state index contributed by atoms with van der Waals surface area (Å²) in [7, 11) is 0. The van der Waals surface area contributed by atoms with E-state index in [4.69, 9.17) is 9.15 Å². The van der Waals surface area contributed by atoms with Gasteiger partial charge in [-0.25, -0.2) is 0 Å². The average Bonchev–Trinajstić information content (AvgIpc) is 3.37. The van der Waals surface area contributed by atoms with Crippen molar-refractivity contribution in [3.05, 3.63) is 53.5 Å². The first kappa shape index (κ1) is 23.0. The van der Waals surface area contributed by atoms with Gasteiger partial charge in [-0.15, -0.1) is 0 Å². The van der Waals surface area contributed by atoms with Crippen LogP contribution >= 0.6 is 0 Å². The van der Waals surface area contributed by atoms with Crippen molar-refractivity contribution in [1.82, 2.24) is 9.80 Å². The van der Waals surface area contributed by atoms with Crippen LogP contribution in [-0.2, 0) is 38.7 Å². The molecule has 2 aliphatic heterocycles. The Morgan fingerprint density at radius 3 is 2.55 bits per heavy atom. The second kappa shape index (κ2) is 10.7. The normalized spacial score (nSPS) is 16.4. The summed E-state index contributed by atoms with van der Waals surface area (Å²) in [6.07, 6.45) is 2.24. The molecule has 0 bridgehead atoms. The maximum Gasteiger partial charge on any atom is 0.303 e. The molecule has 0 spiro atoms. The molecule has 0 aliphatic carbocycles. The molecule has 0 atom stereocenters. The minimum atomic E-state index is -0.336. The lowest BCUT2D eigenvalue weighted by Gasteiger charge is -2.22. The molecule has 1 aromatic carbocycles. The van der Waals surface area contributed by atoms with Gasteiger partial charge in [0, 0.05) is 58.2 Å². The molecule has 8 nitrogen and oxygen atoms in total. The molecule has 1 saturated heterocycles. The number of carbonyl (C=O) groups is 3. The highest BCUT2D eigenvalue weighted by molar-refractivity contribution is 5.97. The van der Waals surface area contributed by atoms with E-state index in [1.54, 1.807) is 0 Å². The number of rotatable bonds is 7. The van der Waals surface area contributed by atoms with Gasteiger partial charge in [0.25, 0.3) is 0 Å². The molecule has 8 heteroatoms. The summed E-state index contributed by atoms with van der Waals surface area (Å²) in [6, 6.07) is 11.7. The van der Waals surface area contributed by atoms with Crippen molar-refractivity contribution in [1.29, 1.82) is 0 Å². The lowest BCUT2D eigenvalue weighted by Crippen LogP contribution is -2.36. The first-order chi connectivity index (χ1) is 16.0. The van der Waals surface area contributed by atoms with Crippen LogP contribution in [0, 0.1) is 0 Å². The van der Waals surface area contributed by atoms with Crippen LogP contribution in [0.25, 0.3) is 0 Å². The molecule has 1 fully saturated rings. The van der Waals surface area contributed by atoms with Crippen LogP contribution in [0.1, 0.15) is 43.3 Å². The molecular formula is C25H31N3O5. The Labute approximate surface area is 194 Å². The molecule has 0 saturated carbocycles. The number of carbonyl (C=O) groups excluding carboxylic acids is 3. The van der Waals surface area contributed by atoms with Crippen LogP contribution in [0.5, 0.6) is 0 Å². The number of ether oxygens (including phenoxy) is 1. The maximum atomic E-state index is 12.8. The van der Waals surface area contributed by atoms with Crippen LogP contribution in [0.2, 0.25) is 0 Å². The Hall–Kier alpha value is -3.13. The minimum Gasteiger partial charge on any atom is -0.461 e. The zero-order valence-electron chi connectivity index (χ0n) is 19.1. The molecule has 176 valence electrons. The van der Waals surface area contributed by atoms with E-state index in [2.05, 4.69) is 11.0 Å². The average molecular weight is 454 g/mol. The highest BCUT2D eigenvalue weighted by Crippen LogP contribution is 2.28. The monoisotopic (exact) mass is 453 g/mol. The maximum absolute atomic E-state index is 12.8. The lowest BCUT2D eigenvalue weighted by atomic mass is 10.2. The van der Waals surface area contributed by atoms with E-state index in [1.807, 2.05) is 40.1 Å². The zero-order valence-corrected chi connectivity index (χ0v) is 19.1. The van der Waals surface area contributed by atoms with E-state index >= 15 is 0 Å². The molecule has 2 amide bonds. The molecule has 0 unspecified atom stereocenters. The number of para-hydroxylation sites is 1. The van der Waals surface area contributed by atoms with Crippen molar-refractivity contribution in [2.75, 3.05) is 37.6 Å². The Morgan fingerprint density at radius 2 is 1.70 bits per heavy atom. The van der Waals surface area contributed by atoms with Crippen LogP contribution in [0.3, 0.4) is 0 Å². The fourth-order valence-electron chi connectivity index (χ4n) is 4.46. The highest BCUT2D eigenvalue weighted by Gasteiger charge is 2.26. The summed E-state index contributed by atoms with van der Waals surface area (Å²) in [6.45, 7) is 5.81. The molecule has 1 aromatic heterocycles. The van der Waals surface area contributed by atoms with Gasteiger partial charge in [-0.3, -0.25) is 19.3 Å². The van der Waals surface area contributed by atoms with E-state index in [-0.39, 0.29) is 37.2 Å². The molecule has 4 rings (SSSR count). The summed E-state index contributed by atoms with van der Waals surface area (Å²) >= 11 is 0. The van der Waals surface area contributed by atoms with Crippen LogP contribution < -0.4 is 4.90 Å². The molecule has 3 heterocycles. The highest BCUT2D eigenvalue weighted by atomic mass is 16.5. The third-order valence-corrected chi connectivity index (χ3v) is 6.20. The van der Waals surface area contributed by atoms with Gasteiger partial charge in [-0.2, -0.15) is 0 Å². The Balaban J connectivity index is 1.22. The molecule has 0 radical (unpaired) electrons. The molecule has 2 aromatic rings. The third-order valence-electron chi connectivity index (χ3n) is 6.20. The molecule has 2 aliphatic rings. The molecule has 0 N–H and O–H groups in total. The number of furan rings is 1. The van der Waals surface area contributed by atoms with Crippen molar-refractivity contribution < 1.29 is 23.5 Å². The van der Waals surface area contributed by atoms with Gasteiger partial charge < -0.3 is 19.0 Å². The number of nitrogens with zero attached hydrogens (tertiary/aromatic N) is 3. The number of esters is 1. The van der Waals surface area contributed by atoms with Gasteiger partial charge in [0.1, 0.15) is 18.1 Å². The topological polar surface area (TPSA) is 83.3 Å². The second-order valence-corrected chi connectivity index (χ2v) is 8.58. The van der Waals surface area contributed by atoms with Crippen LogP contribution in [0.15, 0.2) is 40.8 Å². The second-order valence-electron chi connectivity index (χ2n) is 8.58. The fourth-order valence-corrected chi connectivity index (χ4v) is 4.46. The number of fused-ring (bicyclic) bond motifs is 1. The summed E-state index contributed by atoms with van der Waals surface area (Å²) in [5, 5.41) is 0. The van der Waals surface area contributed by atoms with E-state index in [0.29, 0.717) is 31.9 Å². The third kappa shape index (κ3) is 6.01. The van der Waals surface area contributed by atoms with Gasteiger partial charge in [0.15, 0.2) is 0 Å². The number of hydrogen-bond donors (Lipinski definition) is 0. The largest absolute Gasteiger partial charge is 0.461 e. The van der Waals surface area contributed by atoms with Gasteiger partial charge in [0.05, 0.1) is 6.54 Å². The standard InChI is InChI=1S/C25H31N3O5/c1-19(29)32-18-22-8-7-21(33-22)17-26-12-4-13-27(16-15-26)24(30)9-10-25(31)28-14-11-20-5-2-3-6-23(20)28/h2-3,5-8H,4,9-18H2,1H3. The van der Waals surface area contributed by atoms with Crippen molar-refractivity contribution in [2.24, 2.45) is 0 Å². The van der Waals surface area contributed by atoms with E-state index in [1.165, 1.54) is 12.5 Å². The number of benzene rings is 1. The Bertz CT molecular complexity index is 1000. The smallest absolute Gasteiger partial charge is 0.303 e. The van der Waals surface area contributed by atoms with Crippen molar-refractivity contribution in [3.8, 4) is 0 Å². The SMILES string of the molecule is CC(=O)OCc1ccc(CN2CCCN(C(=O)CCC(=O)N3CCc4ccccc43)CC2)o1. The quantitative estimate of drug-likeness (QED) is 0.600. The first-order valence-corrected chi connectivity index (χ1v) is 11.6. The summed E-state index contributed by atoms with van der Waals surface area (Å²) in [5.41, 5.74) is 2.18. The van der Waals surface area contributed by atoms with Crippen molar-refractivity contribution >= 4 is 23.5 Å².